The van der Waals surface area contributed by atoms with Crippen molar-refractivity contribution in [1.82, 2.24) is 0 Å². The summed E-state index contributed by atoms with van der Waals surface area (Å²) in [7, 11) is -3.73. The summed E-state index contributed by atoms with van der Waals surface area (Å²) in [4.78, 5) is 0.273. The second-order valence-corrected chi connectivity index (χ2v) is 16.1. The Morgan fingerprint density at radius 2 is 1.68 bits per heavy atom. The van der Waals surface area contributed by atoms with Gasteiger partial charge >= 0.3 is 0 Å². The first kappa shape index (κ1) is 28.4. The van der Waals surface area contributed by atoms with Crippen molar-refractivity contribution < 1.29 is 12.6 Å². The van der Waals surface area contributed by atoms with E-state index in [1.54, 1.807) is 12.1 Å². The van der Waals surface area contributed by atoms with Crippen molar-refractivity contribution in [2.75, 3.05) is 0 Å². The lowest BCUT2D eigenvalue weighted by atomic mass is 9.47. The number of benzene rings is 1. The zero-order valence-corrected chi connectivity index (χ0v) is 25.7. The normalized spacial score (nSPS) is 37.8. The largest absolute Gasteiger partial charge is 0.297 e. The second kappa shape index (κ2) is 10.7. The van der Waals surface area contributed by atoms with Crippen LogP contribution in [0, 0.1) is 53.3 Å². The van der Waals surface area contributed by atoms with E-state index in [2.05, 4.69) is 40.7 Å². The van der Waals surface area contributed by atoms with E-state index in [1.165, 1.54) is 56.9 Å². The zero-order chi connectivity index (χ0) is 27.3. The van der Waals surface area contributed by atoms with Crippen LogP contribution in [-0.4, -0.2) is 14.5 Å². The molecule has 5 rings (SSSR count). The first-order chi connectivity index (χ1) is 17.9. The summed E-state index contributed by atoms with van der Waals surface area (Å²) in [5.74, 6) is 4.93. The van der Waals surface area contributed by atoms with Crippen LogP contribution < -0.4 is 0 Å². The van der Waals surface area contributed by atoms with Gasteiger partial charge in [0.25, 0.3) is 10.1 Å². The molecule has 0 bridgehead atoms. The van der Waals surface area contributed by atoms with E-state index in [9.17, 15) is 8.42 Å². The summed E-state index contributed by atoms with van der Waals surface area (Å²) < 4.78 is 31.8. The van der Waals surface area contributed by atoms with Crippen LogP contribution >= 0.6 is 0 Å². The molecule has 0 radical (unpaired) electrons. The zero-order valence-electron chi connectivity index (χ0n) is 24.8. The van der Waals surface area contributed by atoms with Crippen LogP contribution in [0.2, 0.25) is 0 Å². The Hall–Kier alpha value is -1.13. The molecule has 4 aliphatic carbocycles. The lowest BCUT2D eigenvalue weighted by molar-refractivity contribution is -0.0556. The Labute approximate surface area is 233 Å². The van der Waals surface area contributed by atoms with Crippen LogP contribution in [0.3, 0.4) is 0 Å². The SMILES string of the molecule is Cc1ccc(S(=O)(=O)O[C@H]2CCC3(C)C(=CCC4[C@@H]3CCC3(C)C([C@H](C)CCCC(C)C)CC[C@@H]43)C2)cc1. The molecule has 0 heterocycles. The monoisotopic (exact) mass is 540 g/mol. The molecular weight excluding hydrogens is 488 g/mol. The van der Waals surface area contributed by atoms with E-state index in [4.69, 9.17) is 4.18 Å². The van der Waals surface area contributed by atoms with Crippen LogP contribution in [0.25, 0.3) is 0 Å². The number of aryl methyl sites for hydroxylation is 1. The first-order valence-corrected chi connectivity index (χ1v) is 17.0. The van der Waals surface area contributed by atoms with Gasteiger partial charge in [0.1, 0.15) is 0 Å². The predicted octanol–water partition coefficient (Wildman–Crippen LogP) is 9.11. The summed E-state index contributed by atoms with van der Waals surface area (Å²) in [5, 5.41) is 0. The van der Waals surface area contributed by atoms with Gasteiger partial charge in [-0.05, 0) is 117 Å². The van der Waals surface area contributed by atoms with Crippen LogP contribution in [0.15, 0.2) is 40.8 Å². The molecule has 3 nitrogen and oxygen atoms in total. The molecule has 1 aromatic rings. The molecule has 0 N–H and O–H groups in total. The van der Waals surface area contributed by atoms with E-state index >= 15 is 0 Å². The number of hydrogen-bond acceptors (Lipinski definition) is 3. The quantitative estimate of drug-likeness (QED) is 0.244. The average molecular weight is 541 g/mol. The van der Waals surface area contributed by atoms with Crippen molar-refractivity contribution in [1.29, 1.82) is 0 Å². The maximum absolute atomic E-state index is 13.0. The van der Waals surface area contributed by atoms with E-state index < -0.39 is 10.1 Å². The van der Waals surface area contributed by atoms with Gasteiger partial charge in [-0.1, -0.05) is 83.2 Å². The average Bonchev–Trinajstić information content (AvgIpc) is 3.21. The molecular formula is C34H52O3S. The number of hydrogen-bond donors (Lipinski definition) is 0. The Morgan fingerprint density at radius 1 is 0.947 bits per heavy atom. The van der Waals surface area contributed by atoms with Crippen LogP contribution in [0.1, 0.15) is 111 Å². The fourth-order valence-electron chi connectivity index (χ4n) is 9.67. The van der Waals surface area contributed by atoms with Crippen molar-refractivity contribution >= 4 is 10.1 Å². The molecule has 0 spiro atoms. The highest BCUT2D eigenvalue weighted by atomic mass is 32.2. The van der Waals surface area contributed by atoms with Gasteiger partial charge in [0.15, 0.2) is 0 Å². The standard InChI is InChI=1S/C34H52O3S/c1-23(2)8-7-9-25(4)30-16-17-31-29-15-12-26-22-27(37-38(35,36)28-13-10-24(3)11-14-28)18-20-33(26,5)32(29)19-21-34(30,31)6/h10-14,23,25,27,29-32H,7-9,15-22H2,1-6H3/t25-,27+,29?,30?,31+,32+,33?,34?/m1/s1. The number of rotatable bonds is 8. The maximum atomic E-state index is 13.0. The van der Waals surface area contributed by atoms with Gasteiger partial charge in [-0.15, -0.1) is 0 Å². The van der Waals surface area contributed by atoms with Gasteiger partial charge in [0.05, 0.1) is 11.0 Å². The highest BCUT2D eigenvalue weighted by Crippen LogP contribution is 2.67. The summed E-state index contributed by atoms with van der Waals surface area (Å²) in [5.41, 5.74) is 3.24. The minimum atomic E-state index is -3.73. The molecule has 3 saturated carbocycles. The molecule has 38 heavy (non-hydrogen) atoms. The van der Waals surface area contributed by atoms with Crippen LogP contribution in [0.4, 0.5) is 0 Å². The first-order valence-electron chi connectivity index (χ1n) is 15.6. The van der Waals surface area contributed by atoms with E-state index in [0.29, 0.717) is 5.41 Å². The third-order valence-corrected chi connectivity index (χ3v) is 13.2. The van der Waals surface area contributed by atoms with Gasteiger partial charge in [-0.3, -0.25) is 4.18 Å². The van der Waals surface area contributed by atoms with Crippen molar-refractivity contribution in [3.05, 3.63) is 41.5 Å². The van der Waals surface area contributed by atoms with Crippen molar-refractivity contribution in [3.63, 3.8) is 0 Å². The van der Waals surface area contributed by atoms with Crippen molar-refractivity contribution in [2.24, 2.45) is 46.3 Å². The van der Waals surface area contributed by atoms with Gasteiger partial charge < -0.3 is 0 Å². The smallest absolute Gasteiger partial charge is 0.263 e. The van der Waals surface area contributed by atoms with Gasteiger partial charge in [0.2, 0.25) is 0 Å². The van der Waals surface area contributed by atoms with E-state index in [-0.39, 0.29) is 16.4 Å². The minimum absolute atomic E-state index is 0.207. The van der Waals surface area contributed by atoms with Crippen LogP contribution in [-0.2, 0) is 14.3 Å². The lowest BCUT2D eigenvalue weighted by Crippen LogP contribution is -2.51. The minimum Gasteiger partial charge on any atom is -0.263 e. The van der Waals surface area contributed by atoms with Crippen molar-refractivity contribution in [2.45, 2.75) is 123 Å². The van der Waals surface area contributed by atoms with Crippen LogP contribution in [0.5, 0.6) is 0 Å². The maximum Gasteiger partial charge on any atom is 0.297 e. The molecule has 212 valence electrons. The highest BCUT2D eigenvalue weighted by molar-refractivity contribution is 7.86. The Kier molecular flexibility index (Phi) is 7.99. The summed E-state index contributed by atoms with van der Waals surface area (Å²) in [6.07, 6.45) is 15.8. The molecule has 4 aliphatic rings. The second-order valence-electron chi connectivity index (χ2n) is 14.5. The fraction of sp³-hybridized carbons (Fsp3) is 0.765. The third kappa shape index (κ3) is 5.18. The van der Waals surface area contributed by atoms with Gasteiger partial charge in [-0.25, -0.2) is 0 Å². The third-order valence-electron chi connectivity index (χ3n) is 11.8. The molecule has 0 saturated heterocycles. The van der Waals surface area contributed by atoms with Gasteiger partial charge in [-0.2, -0.15) is 8.42 Å². The summed E-state index contributed by atoms with van der Waals surface area (Å²) in [6, 6.07) is 7.02. The Bertz CT molecular complexity index is 1120. The predicted molar refractivity (Wildman–Crippen MR) is 156 cm³/mol. The highest BCUT2D eigenvalue weighted by Gasteiger charge is 2.59. The lowest BCUT2D eigenvalue weighted by Gasteiger charge is -2.58. The molecule has 1 aromatic carbocycles. The fourth-order valence-corrected chi connectivity index (χ4v) is 10.8. The Balaban J connectivity index is 1.27. The number of allylic oxidation sites excluding steroid dienone is 1. The van der Waals surface area contributed by atoms with Gasteiger partial charge in [0, 0.05) is 0 Å². The molecule has 4 heteroatoms. The molecule has 3 fully saturated rings. The topological polar surface area (TPSA) is 43.4 Å². The van der Waals surface area contributed by atoms with Crippen molar-refractivity contribution in [3.8, 4) is 0 Å². The summed E-state index contributed by atoms with van der Waals surface area (Å²) in [6.45, 7) is 14.4. The Morgan fingerprint density at radius 3 is 2.39 bits per heavy atom. The number of fused-ring (bicyclic) bond motifs is 5. The summed E-state index contributed by atoms with van der Waals surface area (Å²) >= 11 is 0. The molecule has 0 aromatic heterocycles. The van der Waals surface area contributed by atoms with E-state index in [1.807, 2.05) is 19.1 Å². The molecule has 0 aliphatic heterocycles. The molecule has 4 unspecified atom stereocenters. The molecule has 0 amide bonds. The molecule has 8 atom stereocenters. The van der Waals surface area contributed by atoms with E-state index in [0.717, 1.165) is 60.3 Å².